The van der Waals surface area contributed by atoms with Crippen LogP contribution < -0.4 is 0 Å². The molecule has 1 heterocycles. The van der Waals surface area contributed by atoms with Crippen LogP contribution >= 0.6 is 0 Å². The second kappa shape index (κ2) is 3.50. The number of rotatable bonds is 1. The van der Waals surface area contributed by atoms with Gasteiger partial charge in [0, 0.05) is 11.1 Å². The van der Waals surface area contributed by atoms with Crippen LogP contribution in [0.15, 0.2) is 36.7 Å². The van der Waals surface area contributed by atoms with Crippen LogP contribution in [0.1, 0.15) is 20.8 Å². The maximum atomic E-state index is 4.17. The van der Waals surface area contributed by atoms with Crippen molar-refractivity contribution in [2.24, 2.45) is 0 Å². The van der Waals surface area contributed by atoms with E-state index in [0.717, 1.165) is 11.4 Å². The third-order valence-electron chi connectivity index (χ3n) is 2.30. The molecule has 3 nitrogen and oxygen atoms in total. The average Bonchev–Trinajstić information content (AvgIpc) is 2.67. The van der Waals surface area contributed by atoms with Gasteiger partial charge in [-0.05, 0) is 20.8 Å². The Bertz CT molecular complexity index is 437. The van der Waals surface area contributed by atoms with Crippen molar-refractivity contribution in [1.29, 1.82) is 0 Å². The molecule has 0 saturated heterocycles. The van der Waals surface area contributed by atoms with Crippen LogP contribution in [0.4, 0.5) is 0 Å². The molecule has 2 rings (SSSR count). The SMILES string of the molecule is CC(C)(C)n1cnnc1-c1ccccc1. The number of nitrogens with zero attached hydrogens (tertiary/aromatic N) is 3. The van der Waals surface area contributed by atoms with E-state index in [2.05, 4.69) is 35.5 Å². The molecule has 0 saturated carbocycles. The highest BCUT2D eigenvalue weighted by molar-refractivity contribution is 5.54. The lowest BCUT2D eigenvalue weighted by Gasteiger charge is -2.22. The first-order chi connectivity index (χ1) is 7.09. The van der Waals surface area contributed by atoms with Crippen molar-refractivity contribution >= 4 is 0 Å². The van der Waals surface area contributed by atoms with E-state index in [9.17, 15) is 0 Å². The normalized spacial score (nSPS) is 11.7. The zero-order valence-corrected chi connectivity index (χ0v) is 9.31. The predicted octanol–water partition coefficient (Wildman–Crippen LogP) is 2.70. The molecule has 78 valence electrons. The fraction of sp³-hybridized carbons (Fsp3) is 0.333. The Balaban J connectivity index is 2.51. The molecule has 0 atom stereocenters. The summed E-state index contributed by atoms with van der Waals surface area (Å²) in [7, 11) is 0. The van der Waals surface area contributed by atoms with E-state index in [1.54, 1.807) is 6.33 Å². The van der Waals surface area contributed by atoms with Gasteiger partial charge in [0.15, 0.2) is 5.82 Å². The largest absolute Gasteiger partial charge is 0.308 e. The summed E-state index contributed by atoms with van der Waals surface area (Å²) < 4.78 is 2.09. The van der Waals surface area contributed by atoms with Gasteiger partial charge in [-0.3, -0.25) is 0 Å². The minimum atomic E-state index is 0.00861. The topological polar surface area (TPSA) is 30.7 Å². The van der Waals surface area contributed by atoms with Crippen molar-refractivity contribution < 1.29 is 0 Å². The van der Waals surface area contributed by atoms with E-state index in [-0.39, 0.29) is 5.54 Å². The highest BCUT2D eigenvalue weighted by Gasteiger charge is 2.18. The van der Waals surface area contributed by atoms with E-state index in [1.165, 1.54) is 0 Å². The minimum Gasteiger partial charge on any atom is -0.308 e. The highest BCUT2D eigenvalue weighted by atomic mass is 15.3. The summed E-state index contributed by atoms with van der Waals surface area (Å²) >= 11 is 0. The van der Waals surface area contributed by atoms with Crippen molar-refractivity contribution in [3.05, 3.63) is 36.7 Å². The standard InChI is InChI=1S/C12H15N3/c1-12(2,3)15-9-13-14-11(15)10-7-5-4-6-8-10/h4-9H,1-3H3. The second-order valence-electron chi connectivity index (χ2n) is 4.56. The minimum absolute atomic E-state index is 0.00861. The summed E-state index contributed by atoms with van der Waals surface area (Å²) in [6, 6.07) is 10.1. The quantitative estimate of drug-likeness (QED) is 0.710. The van der Waals surface area contributed by atoms with Gasteiger partial charge in [-0.1, -0.05) is 30.3 Å². The molecule has 0 radical (unpaired) electrons. The van der Waals surface area contributed by atoms with Gasteiger partial charge < -0.3 is 4.57 Å². The van der Waals surface area contributed by atoms with Crippen molar-refractivity contribution in [2.45, 2.75) is 26.3 Å². The lowest BCUT2D eigenvalue weighted by molar-refractivity contribution is 0.400. The van der Waals surface area contributed by atoms with Crippen LogP contribution in [0, 0.1) is 0 Å². The first-order valence-corrected chi connectivity index (χ1v) is 5.05. The van der Waals surface area contributed by atoms with E-state index in [1.807, 2.05) is 30.3 Å². The molecule has 2 aromatic rings. The molecule has 0 fully saturated rings. The van der Waals surface area contributed by atoms with Gasteiger partial charge in [-0.15, -0.1) is 10.2 Å². The molecule has 0 amide bonds. The van der Waals surface area contributed by atoms with Crippen LogP contribution in [0.3, 0.4) is 0 Å². The van der Waals surface area contributed by atoms with Crippen molar-refractivity contribution in [3.63, 3.8) is 0 Å². The summed E-state index contributed by atoms with van der Waals surface area (Å²) in [6.07, 6.45) is 1.78. The fourth-order valence-corrected chi connectivity index (χ4v) is 1.51. The smallest absolute Gasteiger partial charge is 0.164 e. The van der Waals surface area contributed by atoms with E-state index in [4.69, 9.17) is 0 Å². The summed E-state index contributed by atoms with van der Waals surface area (Å²) in [6.45, 7) is 6.42. The molecule has 0 N–H and O–H groups in total. The van der Waals surface area contributed by atoms with Gasteiger partial charge in [-0.2, -0.15) is 0 Å². The Labute approximate surface area is 89.8 Å². The Morgan fingerprint density at radius 1 is 1.07 bits per heavy atom. The molecule has 0 bridgehead atoms. The molecule has 3 heteroatoms. The van der Waals surface area contributed by atoms with Crippen LogP contribution in [0.5, 0.6) is 0 Å². The predicted molar refractivity (Wildman–Crippen MR) is 60.5 cm³/mol. The van der Waals surface area contributed by atoms with E-state index in [0.29, 0.717) is 0 Å². The van der Waals surface area contributed by atoms with Gasteiger partial charge in [0.05, 0.1) is 0 Å². The van der Waals surface area contributed by atoms with Crippen molar-refractivity contribution in [2.75, 3.05) is 0 Å². The van der Waals surface area contributed by atoms with E-state index >= 15 is 0 Å². The van der Waals surface area contributed by atoms with Crippen molar-refractivity contribution in [3.8, 4) is 11.4 Å². The molecular formula is C12H15N3. The second-order valence-corrected chi connectivity index (χ2v) is 4.56. The summed E-state index contributed by atoms with van der Waals surface area (Å²) in [4.78, 5) is 0. The maximum absolute atomic E-state index is 4.17. The van der Waals surface area contributed by atoms with Gasteiger partial charge in [0.25, 0.3) is 0 Å². The summed E-state index contributed by atoms with van der Waals surface area (Å²) in [5.41, 5.74) is 1.11. The number of hydrogen-bond donors (Lipinski definition) is 0. The Morgan fingerprint density at radius 3 is 2.33 bits per heavy atom. The zero-order chi connectivity index (χ0) is 10.9. The fourth-order valence-electron chi connectivity index (χ4n) is 1.51. The Hall–Kier alpha value is -1.64. The Morgan fingerprint density at radius 2 is 1.73 bits per heavy atom. The first kappa shape index (κ1) is 9.90. The average molecular weight is 201 g/mol. The molecule has 1 aromatic carbocycles. The number of aromatic nitrogens is 3. The highest BCUT2D eigenvalue weighted by Crippen LogP contribution is 2.22. The van der Waals surface area contributed by atoms with Gasteiger partial charge in [0.1, 0.15) is 6.33 Å². The lowest BCUT2D eigenvalue weighted by atomic mass is 10.1. The monoisotopic (exact) mass is 201 g/mol. The Kier molecular flexibility index (Phi) is 2.31. The van der Waals surface area contributed by atoms with Crippen LogP contribution in [-0.2, 0) is 5.54 Å². The maximum Gasteiger partial charge on any atom is 0.164 e. The van der Waals surface area contributed by atoms with Crippen molar-refractivity contribution in [1.82, 2.24) is 14.8 Å². The molecule has 0 aliphatic rings. The third kappa shape index (κ3) is 1.91. The van der Waals surface area contributed by atoms with Crippen LogP contribution in [0.25, 0.3) is 11.4 Å². The van der Waals surface area contributed by atoms with E-state index < -0.39 is 0 Å². The van der Waals surface area contributed by atoms with Crippen LogP contribution in [0.2, 0.25) is 0 Å². The first-order valence-electron chi connectivity index (χ1n) is 5.05. The van der Waals surface area contributed by atoms with Gasteiger partial charge in [0.2, 0.25) is 0 Å². The number of benzene rings is 1. The molecule has 0 unspecified atom stereocenters. The van der Waals surface area contributed by atoms with Crippen LogP contribution in [-0.4, -0.2) is 14.8 Å². The molecule has 1 aromatic heterocycles. The lowest BCUT2D eigenvalue weighted by Crippen LogP contribution is -2.21. The third-order valence-corrected chi connectivity index (χ3v) is 2.30. The summed E-state index contributed by atoms with van der Waals surface area (Å²) in [5.74, 6) is 0.920. The molecule has 0 aliphatic carbocycles. The molecule has 0 spiro atoms. The molecular weight excluding hydrogens is 186 g/mol. The molecule has 0 aliphatic heterocycles. The zero-order valence-electron chi connectivity index (χ0n) is 9.31. The van der Waals surface area contributed by atoms with Gasteiger partial charge >= 0.3 is 0 Å². The summed E-state index contributed by atoms with van der Waals surface area (Å²) in [5, 5.41) is 8.14. The molecule has 15 heavy (non-hydrogen) atoms. The van der Waals surface area contributed by atoms with Gasteiger partial charge in [-0.25, -0.2) is 0 Å². The number of hydrogen-bond acceptors (Lipinski definition) is 2.